The molecule has 1 aromatic heterocycles. The van der Waals surface area contributed by atoms with Crippen LogP contribution in [0.25, 0.3) is 0 Å². The van der Waals surface area contributed by atoms with Crippen LogP contribution in [0.3, 0.4) is 0 Å². The summed E-state index contributed by atoms with van der Waals surface area (Å²) in [7, 11) is 1.59. The second-order valence-electron chi connectivity index (χ2n) is 6.94. The van der Waals surface area contributed by atoms with Crippen molar-refractivity contribution in [2.24, 2.45) is 0 Å². The van der Waals surface area contributed by atoms with E-state index in [0.717, 1.165) is 37.3 Å². The summed E-state index contributed by atoms with van der Waals surface area (Å²) in [6.45, 7) is 3.95. The summed E-state index contributed by atoms with van der Waals surface area (Å²) in [5, 5.41) is 7.02. The molecule has 2 aromatic carbocycles. The highest BCUT2D eigenvalue weighted by Crippen LogP contribution is 2.29. The van der Waals surface area contributed by atoms with Gasteiger partial charge in [0.05, 0.1) is 12.1 Å². The van der Waals surface area contributed by atoms with Gasteiger partial charge in [-0.3, -0.25) is 0 Å². The Morgan fingerprint density at radius 3 is 2.14 bits per heavy atom. The van der Waals surface area contributed by atoms with E-state index in [0.29, 0.717) is 28.6 Å². The van der Waals surface area contributed by atoms with Crippen molar-refractivity contribution < 1.29 is 4.74 Å². The first-order valence-electron chi connectivity index (χ1n) is 9.56. The SMILES string of the molecule is COc1ccc(Nc2nc(Nc3ccc(C)cc3)nc(N3CCCC3)n2)cc1Cl. The van der Waals surface area contributed by atoms with E-state index < -0.39 is 0 Å². The molecule has 0 unspecified atom stereocenters. The molecule has 0 saturated carbocycles. The van der Waals surface area contributed by atoms with Crippen molar-refractivity contribution in [3.63, 3.8) is 0 Å². The minimum atomic E-state index is 0.456. The van der Waals surface area contributed by atoms with Crippen LogP contribution in [0, 0.1) is 6.92 Å². The Morgan fingerprint density at radius 2 is 1.52 bits per heavy atom. The number of aryl methyl sites for hydroxylation is 1. The van der Waals surface area contributed by atoms with E-state index in [4.69, 9.17) is 16.3 Å². The van der Waals surface area contributed by atoms with Gasteiger partial charge in [-0.1, -0.05) is 29.3 Å². The summed E-state index contributed by atoms with van der Waals surface area (Å²) < 4.78 is 5.21. The van der Waals surface area contributed by atoms with Gasteiger partial charge in [-0.25, -0.2) is 0 Å². The maximum Gasteiger partial charge on any atom is 0.233 e. The number of ether oxygens (including phenoxy) is 1. The van der Waals surface area contributed by atoms with Crippen molar-refractivity contribution in [1.29, 1.82) is 0 Å². The lowest BCUT2D eigenvalue weighted by Crippen LogP contribution is -2.21. The summed E-state index contributed by atoms with van der Waals surface area (Å²) in [5.74, 6) is 2.23. The Labute approximate surface area is 175 Å². The largest absolute Gasteiger partial charge is 0.495 e. The van der Waals surface area contributed by atoms with E-state index in [-0.39, 0.29) is 0 Å². The van der Waals surface area contributed by atoms with Crippen LogP contribution >= 0.6 is 11.6 Å². The number of benzene rings is 2. The molecule has 8 heteroatoms. The lowest BCUT2D eigenvalue weighted by Gasteiger charge is -2.17. The van der Waals surface area contributed by atoms with Crippen LogP contribution in [0.2, 0.25) is 5.02 Å². The number of methoxy groups -OCH3 is 1. The number of hydrogen-bond donors (Lipinski definition) is 2. The van der Waals surface area contributed by atoms with Crippen molar-refractivity contribution in [3.05, 3.63) is 53.1 Å². The van der Waals surface area contributed by atoms with Crippen LogP contribution in [0.4, 0.5) is 29.2 Å². The van der Waals surface area contributed by atoms with Gasteiger partial charge in [0.15, 0.2) is 0 Å². The predicted molar refractivity (Wildman–Crippen MR) is 117 cm³/mol. The smallest absolute Gasteiger partial charge is 0.233 e. The number of halogens is 1. The summed E-state index contributed by atoms with van der Waals surface area (Å²) in [6.07, 6.45) is 2.28. The van der Waals surface area contributed by atoms with Crippen LogP contribution < -0.4 is 20.3 Å². The van der Waals surface area contributed by atoms with Gasteiger partial charge < -0.3 is 20.3 Å². The Morgan fingerprint density at radius 1 is 0.897 bits per heavy atom. The Kier molecular flexibility index (Phi) is 5.67. The van der Waals surface area contributed by atoms with Gasteiger partial charge in [-0.05, 0) is 50.1 Å². The molecule has 1 fully saturated rings. The fourth-order valence-corrected chi connectivity index (χ4v) is 3.43. The van der Waals surface area contributed by atoms with Crippen molar-refractivity contribution in [2.75, 3.05) is 35.7 Å². The van der Waals surface area contributed by atoms with Crippen LogP contribution in [0.5, 0.6) is 5.75 Å². The average molecular weight is 411 g/mol. The quantitative estimate of drug-likeness (QED) is 0.596. The van der Waals surface area contributed by atoms with Crippen molar-refractivity contribution in [1.82, 2.24) is 15.0 Å². The summed E-state index contributed by atoms with van der Waals surface area (Å²) in [6, 6.07) is 13.6. The maximum absolute atomic E-state index is 6.24. The molecule has 1 saturated heterocycles. The van der Waals surface area contributed by atoms with Crippen LogP contribution in [-0.2, 0) is 0 Å². The molecule has 150 valence electrons. The number of hydrogen-bond acceptors (Lipinski definition) is 7. The molecule has 0 spiro atoms. The second-order valence-corrected chi connectivity index (χ2v) is 7.35. The molecule has 2 heterocycles. The molecular formula is C21H23ClN6O. The van der Waals surface area contributed by atoms with Gasteiger partial charge in [-0.15, -0.1) is 0 Å². The molecule has 1 aliphatic heterocycles. The van der Waals surface area contributed by atoms with E-state index in [9.17, 15) is 0 Å². The van der Waals surface area contributed by atoms with E-state index >= 15 is 0 Å². The van der Waals surface area contributed by atoms with E-state index in [1.807, 2.05) is 30.3 Å². The van der Waals surface area contributed by atoms with Crippen molar-refractivity contribution in [2.45, 2.75) is 19.8 Å². The minimum absolute atomic E-state index is 0.456. The topological polar surface area (TPSA) is 75.2 Å². The van der Waals surface area contributed by atoms with Gasteiger partial charge in [0.25, 0.3) is 0 Å². The molecule has 0 aliphatic carbocycles. The Hall–Kier alpha value is -3.06. The van der Waals surface area contributed by atoms with E-state index in [1.165, 1.54) is 5.56 Å². The lowest BCUT2D eigenvalue weighted by atomic mass is 10.2. The highest BCUT2D eigenvalue weighted by Gasteiger charge is 2.18. The van der Waals surface area contributed by atoms with E-state index in [2.05, 4.69) is 37.4 Å². The maximum atomic E-state index is 6.24. The zero-order valence-corrected chi connectivity index (χ0v) is 17.2. The average Bonchev–Trinajstić information content (AvgIpc) is 3.25. The number of anilines is 5. The molecule has 0 bridgehead atoms. The standard InChI is InChI=1S/C21H23ClN6O/c1-14-5-7-15(8-6-14)23-19-25-20(27-21(26-19)28-11-3-4-12-28)24-16-9-10-18(29-2)17(22)13-16/h5-10,13H,3-4,11-12H2,1-2H3,(H2,23,24,25,26,27). The highest BCUT2D eigenvalue weighted by molar-refractivity contribution is 6.32. The molecule has 0 radical (unpaired) electrons. The van der Waals surface area contributed by atoms with E-state index in [1.54, 1.807) is 19.2 Å². The molecule has 3 aromatic rings. The third kappa shape index (κ3) is 4.68. The molecule has 0 amide bonds. The molecule has 0 atom stereocenters. The first kappa shape index (κ1) is 19.3. The van der Waals surface area contributed by atoms with Gasteiger partial charge >= 0.3 is 0 Å². The molecule has 1 aliphatic rings. The normalized spacial score (nSPS) is 13.4. The minimum Gasteiger partial charge on any atom is -0.495 e. The third-order valence-corrected chi connectivity index (χ3v) is 5.02. The zero-order valence-electron chi connectivity index (χ0n) is 16.4. The van der Waals surface area contributed by atoms with Crippen LogP contribution in [0.1, 0.15) is 18.4 Å². The number of rotatable bonds is 6. The van der Waals surface area contributed by atoms with Gasteiger partial charge in [-0.2, -0.15) is 15.0 Å². The Bertz CT molecular complexity index is 989. The number of nitrogens with zero attached hydrogens (tertiary/aromatic N) is 4. The third-order valence-electron chi connectivity index (χ3n) is 4.73. The monoisotopic (exact) mass is 410 g/mol. The Balaban J connectivity index is 1.63. The molecule has 2 N–H and O–H groups in total. The first-order valence-corrected chi connectivity index (χ1v) is 9.94. The fourth-order valence-electron chi connectivity index (χ4n) is 3.17. The molecular weight excluding hydrogens is 388 g/mol. The summed E-state index contributed by atoms with van der Waals surface area (Å²) in [4.78, 5) is 16.0. The lowest BCUT2D eigenvalue weighted by molar-refractivity contribution is 0.415. The van der Waals surface area contributed by atoms with Gasteiger partial charge in [0.2, 0.25) is 17.8 Å². The highest BCUT2D eigenvalue weighted by atomic mass is 35.5. The number of nitrogens with one attached hydrogen (secondary N) is 2. The van der Waals surface area contributed by atoms with Gasteiger partial charge in [0.1, 0.15) is 5.75 Å². The summed E-state index contributed by atoms with van der Waals surface area (Å²) in [5.41, 5.74) is 2.89. The van der Waals surface area contributed by atoms with Crippen molar-refractivity contribution in [3.8, 4) is 5.75 Å². The second kappa shape index (κ2) is 8.53. The molecule has 4 rings (SSSR count). The van der Waals surface area contributed by atoms with Gasteiger partial charge in [0, 0.05) is 24.5 Å². The summed E-state index contributed by atoms with van der Waals surface area (Å²) >= 11 is 6.24. The zero-order chi connectivity index (χ0) is 20.2. The predicted octanol–water partition coefficient (Wildman–Crippen LogP) is 4.93. The molecule has 7 nitrogen and oxygen atoms in total. The molecule has 29 heavy (non-hydrogen) atoms. The van der Waals surface area contributed by atoms with Crippen LogP contribution in [0.15, 0.2) is 42.5 Å². The number of aromatic nitrogens is 3. The first-order chi connectivity index (χ1) is 14.1. The fraction of sp³-hybridized carbons (Fsp3) is 0.286. The van der Waals surface area contributed by atoms with Crippen molar-refractivity contribution >= 4 is 40.8 Å². The van der Waals surface area contributed by atoms with Crippen LogP contribution in [-0.4, -0.2) is 35.2 Å².